The summed E-state index contributed by atoms with van der Waals surface area (Å²) in [6.07, 6.45) is 2.08. The van der Waals surface area contributed by atoms with Gasteiger partial charge in [-0.1, -0.05) is 25.1 Å². The van der Waals surface area contributed by atoms with Crippen LogP contribution in [0.3, 0.4) is 0 Å². The first-order valence-electron chi connectivity index (χ1n) is 7.00. The van der Waals surface area contributed by atoms with E-state index >= 15 is 0 Å². The van der Waals surface area contributed by atoms with Crippen LogP contribution in [0.1, 0.15) is 19.8 Å². The van der Waals surface area contributed by atoms with Crippen molar-refractivity contribution in [2.75, 3.05) is 25.4 Å². The van der Waals surface area contributed by atoms with Crippen molar-refractivity contribution in [1.29, 1.82) is 0 Å². The molecule has 0 amide bonds. The molecule has 1 aromatic carbocycles. The van der Waals surface area contributed by atoms with Gasteiger partial charge in [0.1, 0.15) is 0 Å². The summed E-state index contributed by atoms with van der Waals surface area (Å²) in [7, 11) is -3.30. The number of nitrogens with one attached hydrogen (secondary N) is 1. The minimum absolute atomic E-state index is 0.457. The van der Waals surface area contributed by atoms with Crippen LogP contribution < -0.4 is 4.72 Å². The Morgan fingerprint density at radius 2 is 2.10 bits per heavy atom. The molecule has 1 aliphatic heterocycles. The lowest BCUT2D eigenvalue weighted by molar-refractivity contribution is 0.278. The Labute approximate surface area is 126 Å². The molecule has 1 aliphatic rings. The average Bonchev–Trinajstić information content (AvgIpc) is 2.45. The summed E-state index contributed by atoms with van der Waals surface area (Å²) in [4.78, 5) is 1.17. The van der Waals surface area contributed by atoms with E-state index in [0.717, 1.165) is 18.6 Å². The van der Waals surface area contributed by atoms with Gasteiger partial charge in [0.15, 0.2) is 0 Å². The molecule has 6 heteroatoms. The summed E-state index contributed by atoms with van der Waals surface area (Å²) >= 11 is 1.66. The van der Waals surface area contributed by atoms with E-state index in [1.807, 2.05) is 30.3 Å². The first kappa shape index (κ1) is 15.8. The van der Waals surface area contributed by atoms with Gasteiger partial charge in [-0.2, -0.15) is 12.7 Å². The van der Waals surface area contributed by atoms with Gasteiger partial charge in [0.2, 0.25) is 0 Å². The third-order valence-corrected chi connectivity index (χ3v) is 5.95. The van der Waals surface area contributed by atoms with E-state index in [0.29, 0.717) is 25.6 Å². The molecule has 1 N–H and O–H groups in total. The fraction of sp³-hybridized carbons (Fsp3) is 0.571. The highest BCUT2D eigenvalue weighted by molar-refractivity contribution is 7.99. The van der Waals surface area contributed by atoms with Crippen LogP contribution in [0.2, 0.25) is 0 Å². The van der Waals surface area contributed by atoms with Gasteiger partial charge in [-0.25, -0.2) is 4.72 Å². The van der Waals surface area contributed by atoms with Crippen molar-refractivity contribution >= 4 is 22.0 Å². The number of rotatable bonds is 6. The second kappa shape index (κ2) is 7.45. The molecule has 1 saturated heterocycles. The molecule has 1 aromatic rings. The molecule has 0 aliphatic carbocycles. The van der Waals surface area contributed by atoms with Crippen LogP contribution in [-0.4, -0.2) is 38.1 Å². The van der Waals surface area contributed by atoms with Crippen molar-refractivity contribution in [3.8, 4) is 0 Å². The predicted molar refractivity (Wildman–Crippen MR) is 84.1 cm³/mol. The van der Waals surface area contributed by atoms with E-state index in [9.17, 15) is 8.42 Å². The average molecular weight is 314 g/mol. The molecular weight excluding hydrogens is 292 g/mol. The van der Waals surface area contributed by atoms with Gasteiger partial charge in [-0.15, -0.1) is 11.8 Å². The van der Waals surface area contributed by atoms with Gasteiger partial charge in [-0.05, 0) is 30.9 Å². The van der Waals surface area contributed by atoms with E-state index in [4.69, 9.17) is 0 Å². The van der Waals surface area contributed by atoms with E-state index < -0.39 is 10.2 Å². The van der Waals surface area contributed by atoms with Gasteiger partial charge < -0.3 is 0 Å². The second-order valence-electron chi connectivity index (χ2n) is 5.17. The zero-order chi connectivity index (χ0) is 14.4. The van der Waals surface area contributed by atoms with E-state index in [1.165, 1.54) is 4.90 Å². The molecule has 0 saturated carbocycles. The Bertz CT molecular complexity index is 505. The van der Waals surface area contributed by atoms with Crippen molar-refractivity contribution in [2.45, 2.75) is 24.7 Å². The molecule has 0 bridgehead atoms. The first-order chi connectivity index (χ1) is 9.58. The molecule has 0 spiro atoms. The summed E-state index contributed by atoms with van der Waals surface area (Å²) in [5.74, 6) is 1.20. The Kier molecular flexibility index (Phi) is 5.89. The lowest BCUT2D eigenvalue weighted by atomic mass is 10.0. The quantitative estimate of drug-likeness (QED) is 0.648. The van der Waals surface area contributed by atoms with Crippen LogP contribution in [0, 0.1) is 5.92 Å². The highest BCUT2D eigenvalue weighted by atomic mass is 32.2. The molecule has 2 rings (SSSR count). The Morgan fingerprint density at radius 1 is 1.35 bits per heavy atom. The van der Waals surface area contributed by atoms with Gasteiger partial charge in [0.25, 0.3) is 10.2 Å². The number of hydrogen-bond acceptors (Lipinski definition) is 3. The first-order valence-corrected chi connectivity index (χ1v) is 9.43. The largest absolute Gasteiger partial charge is 0.279 e. The number of nitrogens with zero attached hydrogens (tertiary/aromatic N) is 1. The maximum Gasteiger partial charge on any atom is 0.279 e. The summed E-state index contributed by atoms with van der Waals surface area (Å²) in [5.41, 5.74) is 0. The summed E-state index contributed by atoms with van der Waals surface area (Å²) in [6, 6.07) is 10.0. The SMILES string of the molecule is C[C@@H]1CCCN(S(=O)(=O)NCCSc2ccccc2)C1. The predicted octanol–water partition coefficient (Wildman–Crippen LogP) is 2.35. The smallest absolute Gasteiger partial charge is 0.201 e. The lowest BCUT2D eigenvalue weighted by Gasteiger charge is -2.29. The second-order valence-corrected chi connectivity index (χ2v) is 8.09. The Morgan fingerprint density at radius 3 is 2.80 bits per heavy atom. The number of hydrogen-bond donors (Lipinski definition) is 1. The zero-order valence-corrected chi connectivity index (χ0v) is 13.4. The molecule has 1 fully saturated rings. The third kappa shape index (κ3) is 4.77. The summed E-state index contributed by atoms with van der Waals surface area (Å²) in [6.45, 7) is 3.85. The Balaban J connectivity index is 1.75. The number of thioether (sulfide) groups is 1. The normalized spacial score (nSPS) is 20.9. The van der Waals surface area contributed by atoms with Crippen LogP contribution in [0.15, 0.2) is 35.2 Å². The summed E-state index contributed by atoms with van der Waals surface area (Å²) in [5, 5.41) is 0. The van der Waals surface area contributed by atoms with E-state index in [2.05, 4.69) is 11.6 Å². The molecule has 0 radical (unpaired) electrons. The Hall–Kier alpha value is -0.560. The standard InChI is InChI=1S/C14H22N2O2S2/c1-13-6-5-10-16(12-13)20(17,18)15-9-11-19-14-7-3-2-4-8-14/h2-4,7-8,13,15H,5-6,9-12H2,1H3/t13-/m1/s1. The molecule has 1 heterocycles. The fourth-order valence-electron chi connectivity index (χ4n) is 2.31. The summed E-state index contributed by atoms with van der Waals surface area (Å²) < 4.78 is 28.6. The molecule has 0 aromatic heterocycles. The van der Waals surface area contributed by atoms with Crippen LogP contribution in [0.5, 0.6) is 0 Å². The highest BCUT2D eigenvalue weighted by Crippen LogP contribution is 2.18. The minimum Gasteiger partial charge on any atom is -0.201 e. The molecule has 20 heavy (non-hydrogen) atoms. The maximum atomic E-state index is 12.1. The molecular formula is C14H22N2O2S2. The fourth-order valence-corrected chi connectivity index (χ4v) is 4.59. The molecule has 4 nitrogen and oxygen atoms in total. The van der Waals surface area contributed by atoms with E-state index in [1.54, 1.807) is 16.1 Å². The maximum absolute atomic E-state index is 12.1. The van der Waals surface area contributed by atoms with Crippen molar-refractivity contribution < 1.29 is 8.42 Å². The highest BCUT2D eigenvalue weighted by Gasteiger charge is 2.26. The van der Waals surface area contributed by atoms with Gasteiger partial charge in [0, 0.05) is 30.3 Å². The molecule has 1 atom stereocenters. The minimum atomic E-state index is -3.30. The lowest BCUT2D eigenvalue weighted by Crippen LogP contribution is -2.46. The third-order valence-electron chi connectivity index (χ3n) is 3.36. The zero-order valence-electron chi connectivity index (χ0n) is 11.8. The van der Waals surface area contributed by atoms with E-state index in [-0.39, 0.29) is 0 Å². The van der Waals surface area contributed by atoms with Crippen molar-refractivity contribution in [3.05, 3.63) is 30.3 Å². The van der Waals surface area contributed by atoms with Crippen LogP contribution in [0.4, 0.5) is 0 Å². The van der Waals surface area contributed by atoms with Gasteiger partial charge in [-0.3, -0.25) is 0 Å². The van der Waals surface area contributed by atoms with Crippen LogP contribution >= 0.6 is 11.8 Å². The van der Waals surface area contributed by atoms with Crippen LogP contribution in [-0.2, 0) is 10.2 Å². The van der Waals surface area contributed by atoms with Crippen LogP contribution in [0.25, 0.3) is 0 Å². The van der Waals surface area contributed by atoms with Crippen molar-refractivity contribution in [3.63, 3.8) is 0 Å². The molecule has 112 valence electrons. The van der Waals surface area contributed by atoms with Crippen molar-refractivity contribution in [2.24, 2.45) is 5.92 Å². The number of benzene rings is 1. The van der Waals surface area contributed by atoms with Gasteiger partial charge in [0.05, 0.1) is 0 Å². The van der Waals surface area contributed by atoms with Crippen molar-refractivity contribution in [1.82, 2.24) is 9.03 Å². The topological polar surface area (TPSA) is 49.4 Å². The van der Waals surface area contributed by atoms with Gasteiger partial charge >= 0.3 is 0 Å². The number of piperidine rings is 1. The monoisotopic (exact) mass is 314 g/mol. The molecule has 0 unspecified atom stereocenters.